The third-order valence-corrected chi connectivity index (χ3v) is 7.75. The number of hydrogen-bond acceptors (Lipinski definition) is 6. The molecule has 5 rings (SSSR count). The van der Waals surface area contributed by atoms with Crippen LogP contribution in [0.25, 0.3) is 0 Å². The van der Waals surface area contributed by atoms with E-state index in [0.717, 1.165) is 33.9 Å². The van der Waals surface area contributed by atoms with Gasteiger partial charge in [0.1, 0.15) is 23.6 Å². The van der Waals surface area contributed by atoms with Crippen molar-refractivity contribution in [1.29, 1.82) is 0 Å². The minimum atomic E-state index is -0.713. The Labute approximate surface area is 267 Å². The van der Waals surface area contributed by atoms with Crippen molar-refractivity contribution in [3.63, 3.8) is 0 Å². The monoisotopic (exact) mass is 626 g/mol. The molecule has 0 aliphatic carbocycles. The van der Waals surface area contributed by atoms with Crippen molar-refractivity contribution < 1.29 is 28.7 Å². The van der Waals surface area contributed by atoms with Gasteiger partial charge < -0.3 is 20.1 Å². The molecule has 0 bridgehead atoms. The lowest BCUT2D eigenvalue weighted by molar-refractivity contribution is -0.136. The summed E-state index contributed by atoms with van der Waals surface area (Å²) in [4.78, 5) is 50.3. The number of nitrogens with zero attached hydrogens (tertiary/aromatic N) is 2. The summed E-state index contributed by atoms with van der Waals surface area (Å²) in [6.45, 7) is 7.29. The fourth-order valence-electron chi connectivity index (χ4n) is 5.18. The van der Waals surface area contributed by atoms with Gasteiger partial charge in [-0.05, 0) is 87.4 Å². The molecular weight excluding hydrogens is 588 g/mol. The molecule has 0 spiro atoms. The molecule has 240 valence electrons. The van der Waals surface area contributed by atoms with Crippen molar-refractivity contribution in [2.24, 2.45) is 0 Å². The highest BCUT2D eigenvalue weighted by molar-refractivity contribution is 5.97. The van der Waals surface area contributed by atoms with Crippen LogP contribution in [-0.2, 0) is 32.0 Å². The SMILES string of the molecule is Cc1ccc(C)n1NC(=O)COc1ccc(C[C@@H]2NC(=O)[C@H](Cc3ccc(OCC(=O)Nn4c(C)ccc4C)cc3)NC2=O)cc1. The zero-order chi connectivity index (χ0) is 32.8. The Kier molecular flexibility index (Phi) is 9.75. The second-order valence-corrected chi connectivity index (χ2v) is 11.4. The number of carbonyl (C=O) groups is 4. The number of nitrogens with one attached hydrogen (secondary N) is 4. The smallest absolute Gasteiger partial charge is 0.276 e. The summed E-state index contributed by atoms with van der Waals surface area (Å²) < 4.78 is 14.6. The minimum absolute atomic E-state index is 0.153. The normalized spacial score (nSPS) is 15.9. The predicted molar refractivity (Wildman–Crippen MR) is 172 cm³/mol. The van der Waals surface area contributed by atoms with Crippen LogP contribution in [0.5, 0.6) is 11.5 Å². The number of aryl methyl sites for hydroxylation is 4. The first kappa shape index (κ1) is 31.9. The van der Waals surface area contributed by atoms with E-state index in [1.807, 2.05) is 52.0 Å². The van der Waals surface area contributed by atoms with Crippen LogP contribution in [0.15, 0.2) is 72.8 Å². The molecule has 2 aromatic carbocycles. The van der Waals surface area contributed by atoms with Crippen LogP contribution in [0.4, 0.5) is 0 Å². The van der Waals surface area contributed by atoms with Gasteiger partial charge in [-0.15, -0.1) is 0 Å². The van der Waals surface area contributed by atoms with Gasteiger partial charge in [-0.3, -0.25) is 39.4 Å². The van der Waals surface area contributed by atoms with E-state index in [1.54, 1.807) is 57.9 Å². The zero-order valence-corrected chi connectivity index (χ0v) is 26.3. The topological polar surface area (TPSA) is 145 Å². The van der Waals surface area contributed by atoms with Crippen molar-refractivity contribution in [2.75, 3.05) is 24.1 Å². The Morgan fingerprint density at radius 3 is 1.24 bits per heavy atom. The second-order valence-electron chi connectivity index (χ2n) is 11.4. The lowest BCUT2D eigenvalue weighted by Crippen LogP contribution is -2.62. The molecule has 1 aliphatic rings. The summed E-state index contributed by atoms with van der Waals surface area (Å²) in [6.07, 6.45) is 0.612. The number of aromatic nitrogens is 2. The summed E-state index contributed by atoms with van der Waals surface area (Å²) in [5, 5.41) is 5.66. The van der Waals surface area contributed by atoms with Gasteiger partial charge in [0.05, 0.1) is 0 Å². The van der Waals surface area contributed by atoms with Crippen LogP contribution in [0.1, 0.15) is 33.9 Å². The maximum absolute atomic E-state index is 12.9. The van der Waals surface area contributed by atoms with Gasteiger partial charge in [0.2, 0.25) is 11.8 Å². The maximum Gasteiger partial charge on any atom is 0.276 e. The van der Waals surface area contributed by atoms with E-state index in [1.165, 1.54) is 0 Å². The first-order valence-corrected chi connectivity index (χ1v) is 15.0. The first-order chi connectivity index (χ1) is 22.0. The zero-order valence-electron chi connectivity index (χ0n) is 26.3. The van der Waals surface area contributed by atoms with E-state index >= 15 is 0 Å². The van der Waals surface area contributed by atoms with Crippen LogP contribution in [-0.4, -0.2) is 58.3 Å². The lowest BCUT2D eigenvalue weighted by atomic mass is 9.98. The number of carbonyl (C=O) groups excluding carboxylic acids is 4. The van der Waals surface area contributed by atoms with Gasteiger partial charge >= 0.3 is 0 Å². The Hall–Kier alpha value is -5.52. The highest BCUT2D eigenvalue weighted by Crippen LogP contribution is 2.17. The Morgan fingerprint density at radius 2 is 0.913 bits per heavy atom. The number of benzene rings is 2. The summed E-state index contributed by atoms with van der Waals surface area (Å²) in [5.41, 5.74) is 10.9. The largest absolute Gasteiger partial charge is 0.484 e. The fraction of sp³-hybridized carbons (Fsp3) is 0.294. The van der Waals surface area contributed by atoms with Crippen LogP contribution in [0, 0.1) is 27.7 Å². The molecule has 4 amide bonds. The molecule has 1 saturated heterocycles. The fourth-order valence-corrected chi connectivity index (χ4v) is 5.18. The number of piperazine rings is 1. The number of rotatable bonds is 12. The third-order valence-electron chi connectivity index (χ3n) is 7.75. The molecule has 3 heterocycles. The number of amides is 4. The molecule has 1 fully saturated rings. The van der Waals surface area contributed by atoms with E-state index in [9.17, 15) is 19.2 Å². The summed E-state index contributed by atoms with van der Waals surface area (Å²) in [6, 6.07) is 20.3. The highest BCUT2D eigenvalue weighted by Gasteiger charge is 2.33. The molecule has 12 heteroatoms. The summed E-state index contributed by atoms with van der Waals surface area (Å²) in [7, 11) is 0. The van der Waals surface area contributed by atoms with E-state index in [0.29, 0.717) is 24.3 Å². The van der Waals surface area contributed by atoms with Gasteiger partial charge in [-0.1, -0.05) is 24.3 Å². The van der Waals surface area contributed by atoms with Crippen LogP contribution in [0.3, 0.4) is 0 Å². The summed E-state index contributed by atoms with van der Waals surface area (Å²) in [5.74, 6) is -0.0823. The molecule has 4 N–H and O–H groups in total. The average Bonchev–Trinajstić information content (AvgIpc) is 3.53. The van der Waals surface area contributed by atoms with Gasteiger partial charge in [0.15, 0.2) is 13.2 Å². The molecule has 0 radical (unpaired) electrons. The minimum Gasteiger partial charge on any atom is -0.484 e. The quantitative estimate of drug-likeness (QED) is 0.190. The number of ether oxygens (including phenoxy) is 2. The van der Waals surface area contributed by atoms with Crippen molar-refractivity contribution >= 4 is 23.6 Å². The Morgan fingerprint density at radius 1 is 0.587 bits per heavy atom. The molecule has 1 aliphatic heterocycles. The maximum atomic E-state index is 12.9. The van der Waals surface area contributed by atoms with Gasteiger partial charge in [0, 0.05) is 35.6 Å². The van der Waals surface area contributed by atoms with Gasteiger partial charge in [-0.25, -0.2) is 0 Å². The van der Waals surface area contributed by atoms with E-state index < -0.39 is 12.1 Å². The highest BCUT2D eigenvalue weighted by atomic mass is 16.5. The van der Waals surface area contributed by atoms with E-state index in [2.05, 4.69) is 21.5 Å². The molecule has 46 heavy (non-hydrogen) atoms. The first-order valence-electron chi connectivity index (χ1n) is 15.0. The Balaban J connectivity index is 1.05. The predicted octanol–water partition coefficient (Wildman–Crippen LogP) is 2.59. The standard InChI is InChI=1S/C34H38N6O6/c1-21-5-6-22(2)39(21)37-31(41)19-45-27-13-9-25(10-14-27)17-29-33(43)36-30(34(44)35-29)18-26-11-15-28(16-12-26)46-20-32(42)38-40-23(3)7-8-24(40)4/h5-16,29-30H,17-20H2,1-4H3,(H,35,44)(H,36,43)(H,37,41)(H,38,42)/t29-,30-/m0/s1. The molecule has 2 atom stereocenters. The van der Waals surface area contributed by atoms with Crippen LogP contribution in [0.2, 0.25) is 0 Å². The van der Waals surface area contributed by atoms with Gasteiger partial charge in [-0.2, -0.15) is 0 Å². The van der Waals surface area contributed by atoms with Crippen molar-refractivity contribution in [1.82, 2.24) is 20.0 Å². The van der Waals surface area contributed by atoms with Crippen LogP contribution >= 0.6 is 0 Å². The van der Waals surface area contributed by atoms with E-state index in [4.69, 9.17) is 9.47 Å². The average molecular weight is 627 g/mol. The number of hydrogen-bond donors (Lipinski definition) is 4. The molecule has 4 aromatic rings. The molecule has 12 nitrogen and oxygen atoms in total. The molecule has 2 aromatic heterocycles. The molecule has 0 saturated carbocycles. The lowest BCUT2D eigenvalue weighted by Gasteiger charge is -2.29. The van der Waals surface area contributed by atoms with Crippen molar-refractivity contribution in [3.05, 3.63) is 107 Å². The van der Waals surface area contributed by atoms with E-state index in [-0.39, 0.29) is 36.8 Å². The van der Waals surface area contributed by atoms with Crippen molar-refractivity contribution in [2.45, 2.75) is 52.6 Å². The van der Waals surface area contributed by atoms with Crippen LogP contribution < -0.4 is 31.0 Å². The Bertz CT molecular complexity index is 1560. The molecule has 0 unspecified atom stereocenters. The third kappa shape index (κ3) is 7.95. The summed E-state index contributed by atoms with van der Waals surface area (Å²) >= 11 is 0. The second kappa shape index (κ2) is 14.1. The molecular formula is C34H38N6O6. The van der Waals surface area contributed by atoms with Gasteiger partial charge in [0.25, 0.3) is 11.8 Å². The van der Waals surface area contributed by atoms with Crippen molar-refractivity contribution in [3.8, 4) is 11.5 Å².